The van der Waals surface area contributed by atoms with Crippen molar-refractivity contribution in [3.8, 4) is 0 Å². The van der Waals surface area contributed by atoms with Gasteiger partial charge in [0.15, 0.2) is 0 Å². The Kier molecular flexibility index (Phi) is 2.17. The summed E-state index contributed by atoms with van der Waals surface area (Å²) in [5.74, 6) is 0.442. The van der Waals surface area contributed by atoms with Gasteiger partial charge in [0.2, 0.25) is 0 Å². The first-order chi connectivity index (χ1) is 5.88. The summed E-state index contributed by atoms with van der Waals surface area (Å²) in [6.45, 7) is 0. The molecule has 2 heteroatoms. The molecule has 1 aliphatic carbocycles. The van der Waals surface area contributed by atoms with Crippen molar-refractivity contribution in [1.82, 2.24) is 0 Å². The van der Waals surface area contributed by atoms with Gasteiger partial charge in [-0.05, 0) is 5.41 Å². The maximum Gasteiger partial charge on any atom is 0.144 e. The smallest absolute Gasteiger partial charge is 0.144 e. The highest BCUT2D eigenvalue weighted by Gasteiger charge is 2.25. The second-order valence-electron chi connectivity index (χ2n) is 2.94. The molecule has 62 valence electrons. The molecular weight excluding hydrogens is 168 g/mol. The lowest BCUT2D eigenvalue weighted by Gasteiger charge is -2.18. The van der Waals surface area contributed by atoms with Crippen molar-refractivity contribution in [2.75, 3.05) is 0 Å². The molecule has 0 fully saturated rings. The lowest BCUT2D eigenvalue weighted by molar-refractivity contribution is -0.120. The Labute approximate surface area is 76.2 Å². The predicted octanol–water partition coefficient (Wildman–Crippen LogP) is 2.32. The minimum atomic E-state index is 0.106. The molecule has 0 aromatic heterocycles. The zero-order valence-electron chi connectivity index (χ0n) is 6.64. The van der Waals surface area contributed by atoms with E-state index in [0.29, 0.717) is 17.5 Å². The Hall–Kier alpha value is -0.760. The van der Waals surface area contributed by atoms with Gasteiger partial charge in [0.25, 0.3) is 0 Å². The maximum atomic E-state index is 11.5. The molecule has 0 spiro atoms. The Morgan fingerprint density at radius 2 is 2.17 bits per heavy atom. The van der Waals surface area contributed by atoms with Crippen LogP contribution in [-0.2, 0) is 4.79 Å². The number of allylic oxidation sites excluding steroid dienone is 4. The summed E-state index contributed by atoms with van der Waals surface area (Å²) in [6, 6.07) is 0. The molecule has 2 atom stereocenters. The van der Waals surface area contributed by atoms with E-state index in [4.69, 9.17) is 0 Å². The van der Waals surface area contributed by atoms with Crippen LogP contribution in [0.1, 0.15) is 6.42 Å². The number of thioether (sulfide) groups is 1. The van der Waals surface area contributed by atoms with E-state index in [0.717, 1.165) is 0 Å². The third-order valence-electron chi connectivity index (χ3n) is 2.11. The van der Waals surface area contributed by atoms with Crippen LogP contribution in [0.2, 0.25) is 0 Å². The van der Waals surface area contributed by atoms with Gasteiger partial charge < -0.3 is 0 Å². The monoisotopic (exact) mass is 178 g/mol. The predicted molar refractivity (Wildman–Crippen MR) is 51.9 cm³/mol. The molecule has 1 nitrogen and oxygen atoms in total. The van der Waals surface area contributed by atoms with Gasteiger partial charge in [-0.1, -0.05) is 30.4 Å². The quantitative estimate of drug-likeness (QED) is 0.566. The van der Waals surface area contributed by atoms with Crippen molar-refractivity contribution >= 4 is 17.5 Å². The van der Waals surface area contributed by atoms with Crippen LogP contribution < -0.4 is 0 Å². The lowest BCUT2D eigenvalue weighted by Crippen LogP contribution is -2.22. The molecule has 0 amide bonds. The molecule has 0 saturated heterocycles. The van der Waals surface area contributed by atoms with Crippen LogP contribution in [0.3, 0.4) is 0 Å². The third-order valence-corrected chi connectivity index (χ3v) is 3.22. The summed E-state index contributed by atoms with van der Waals surface area (Å²) in [6.07, 6.45) is 10.6. The number of Topliss-reactive ketones (excluding diaryl/α,β-unsaturated/α-hetero) is 1. The van der Waals surface area contributed by atoms with Gasteiger partial charge in [0.1, 0.15) is 5.78 Å². The lowest BCUT2D eigenvalue weighted by atomic mass is 9.94. The molecular formula is C10H10OS. The molecule has 12 heavy (non-hydrogen) atoms. The Balaban J connectivity index is 2.25. The molecule has 1 aliphatic heterocycles. The summed E-state index contributed by atoms with van der Waals surface area (Å²) >= 11 is 1.73. The number of carbonyl (C=O) groups excluding carboxylic acids is 1. The average molecular weight is 178 g/mol. The first kappa shape index (κ1) is 7.87. The highest BCUT2D eigenvalue weighted by Crippen LogP contribution is 2.30. The van der Waals surface area contributed by atoms with E-state index in [1.807, 2.05) is 29.7 Å². The second-order valence-corrected chi connectivity index (χ2v) is 4.03. The SMILES string of the molecule is O=C1CC=CSC2C=CC=CC12. The molecule has 0 aromatic carbocycles. The van der Waals surface area contributed by atoms with Gasteiger partial charge in [0, 0.05) is 11.7 Å². The van der Waals surface area contributed by atoms with E-state index in [9.17, 15) is 4.79 Å². The average Bonchev–Trinajstić information content (AvgIpc) is 2.29. The molecule has 0 radical (unpaired) electrons. The third kappa shape index (κ3) is 1.39. The van der Waals surface area contributed by atoms with Gasteiger partial charge >= 0.3 is 0 Å². The summed E-state index contributed by atoms with van der Waals surface area (Å²) in [7, 11) is 0. The van der Waals surface area contributed by atoms with E-state index >= 15 is 0 Å². The number of carbonyl (C=O) groups is 1. The summed E-state index contributed by atoms with van der Waals surface area (Å²) in [5, 5.41) is 2.37. The molecule has 0 aromatic rings. The molecule has 0 N–H and O–H groups in total. The molecule has 2 aliphatic rings. The Bertz CT molecular complexity index is 276. The highest BCUT2D eigenvalue weighted by atomic mass is 32.2. The summed E-state index contributed by atoms with van der Waals surface area (Å²) in [4.78, 5) is 11.5. The summed E-state index contributed by atoms with van der Waals surface area (Å²) < 4.78 is 0. The summed E-state index contributed by atoms with van der Waals surface area (Å²) in [5.41, 5.74) is 0. The number of hydrogen-bond donors (Lipinski definition) is 0. The highest BCUT2D eigenvalue weighted by molar-refractivity contribution is 8.02. The van der Waals surface area contributed by atoms with Gasteiger partial charge in [-0.3, -0.25) is 4.79 Å². The maximum absolute atomic E-state index is 11.5. The van der Waals surface area contributed by atoms with Crippen LogP contribution in [0.4, 0.5) is 0 Å². The molecule has 1 heterocycles. The molecule has 0 saturated carbocycles. The van der Waals surface area contributed by atoms with Crippen molar-refractivity contribution in [3.05, 3.63) is 35.8 Å². The fourth-order valence-electron chi connectivity index (χ4n) is 1.45. The van der Waals surface area contributed by atoms with Crippen molar-refractivity contribution in [2.24, 2.45) is 5.92 Å². The van der Waals surface area contributed by atoms with E-state index in [1.54, 1.807) is 11.8 Å². The topological polar surface area (TPSA) is 17.1 Å². The van der Waals surface area contributed by atoms with Gasteiger partial charge in [-0.15, -0.1) is 11.8 Å². The number of hydrogen-bond acceptors (Lipinski definition) is 2. The van der Waals surface area contributed by atoms with Crippen molar-refractivity contribution < 1.29 is 4.79 Å². The van der Waals surface area contributed by atoms with E-state index < -0.39 is 0 Å². The largest absolute Gasteiger partial charge is 0.299 e. The Morgan fingerprint density at radius 1 is 1.33 bits per heavy atom. The fraction of sp³-hybridized carbons (Fsp3) is 0.300. The van der Waals surface area contributed by atoms with E-state index in [2.05, 4.69) is 6.08 Å². The number of ketones is 1. The van der Waals surface area contributed by atoms with E-state index in [1.165, 1.54) is 0 Å². The normalized spacial score (nSPS) is 33.2. The Morgan fingerprint density at radius 3 is 3.08 bits per heavy atom. The van der Waals surface area contributed by atoms with Crippen LogP contribution in [-0.4, -0.2) is 11.0 Å². The zero-order chi connectivity index (χ0) is 8.39. The zero-order valence-corrected chi connectivity index (χ0v) is 7.46. The first-order valence-corrected chi connectivity index (χ1v) is 5.00. The van der Waals surface area contributed by atoms with Crippen LogP contribution >= 0.6 is 11.8 Å². The first-order valence-electron chi connectivity index (χ1n) is 4.06. The van der Waals surface area contributed by atoms with Crippen LogP contribution in [0.15, 0.2) is 35.8 Å². The van der Waals surface area contributed by atoms with Crippen molar-refractivity contribution in [3.63, 3.8) is 0 Å². The molecule has 2 unspecified atom stereocenters. The molecule has 2 rings (SSSR count). The fourth-order valence-corrected chi connectivity index (χ4v) is 2.44. The van der Waals surface area contributed by atoms with Gasteiger partial charge in [0.05, 0.1) is 5.92 Å². The van der Waals surface area contributed by atoms with Crippen molar-refractivity contribution in [2.45, 2.75) is 11.7 Å². The van der Waals surface area contributed by atoms with E-state index in [-0.39, 0.29) is 5.92 Å². The van der Waals surface area contributed by atoms with Crippen LogP contribution in [0, 0.1) is 5.92 Å². The number of fused-ring (bicyclic) bond motifs is 1. The van der Waals surface area contributed by atoms with Gasteiger partial charge in [-0.2, -0.15) is 0 Å². The van der Waals surface area contributed by atoms with Gasteiger partial charge in [-0.25, -0.2) is 0 Å². The minimum Gasteiger partial charge on any atom is -0.299 e. The van der Waals surface area contributed by atoms with Crippen molar-refractivity contribution in [1.29, 1.82) is 0 Å². The van der Waals surface area contributed by atoms with Crippen LogP contribution in [0.5, 0.6) is 0 Å². The minimum absolute atomic E-state index is 0.106. The molecule has 0 bridgehead atoms. The second kappa shape index (κ2) is 3.31. The number of rotatable bonds is 0. The van der Waals surface area contributed by atoms with Crippen LogP contribution in [0.25, 0.3) is 0 Å². The standard InChI is InChI=1S/C10H10OS/c11-9-5-3-7-12-10-6-2-1-4-8(9)10/h1-4,6-8,10H,5H2.